The number of hydrogen-bond donors (Lipinski definition) is 1. The molecule has 78 valence electrons. The lowest BCUT2D eigenvalue weighted by Crippen LogP contribution is -2.20. The van der Waals surface area contributed by atoms with Crippen LogP contribution in [-0.2, 0) is 0 Å². The summed E-state index contributed by atoms with van der Waals surface area (Å²) in [6, 6.07) is 6.42. The minimum absolute atomic E-state index is 0.126. The van der Waals surface area contributed by atoms with Gasteiger partial charge >= 0.3 is 0 Å². The lowest BCUT2D eigenvalue weighted by molar-refractivity contribution is 0.0799. The first kappa shape index (κ1) is 9.58. The maximum Gasteiger partial charge on any atom is 0.289 e. The van der Waals surface area contributed by atoms with Crippen molar-refractivity contribution in [3.8, 4) is 5.75 Å². The molecule has 1 aromatic heterocycles. The molecule has 2 rings (SSSR count). The number of nitrogens with zero attached hydrogens (tertiary/aromatic N) is 1. The summed E-state index contributed by atoms with van der Waals surface area (Å²) < 4.78 is 5.32. The second-order valence-electron chi connectivity index (χ2n) is 3.53. The van der Waals surface area contributed by atoms with Crippen LogP contribution >= 0.6 is 0 Å². The van der Waals surface area contributed by atoms with Crippen LogP contribution in [0.15, 0.2) is 28.7 Å². The zero-order chi connectivity index (χ0) is 11.0. The van der Waals surface area contributed by atoms with E-state index in [2.05, 4.69) is 0 Å². The predicted octanol–water partition coefficient (Wildman–Crippen LogP) is 1.84. The van der Waals surface area contributed by atoms with Crippen LogP contribution in [0, 0.1) is 0 Å². The summed E-state index contributed by atoms with van der Waals surface area (Å²) in [5.74, 6) is 0.215. The summed E-state index contributed by atoms with van der Waals surface area (Å²) in [5, 5.41) is 10.0. The molecule has 4 heteroatoms. The molecule has 1 N–H and O–H groups in total. The Balaban J connectivity index is 2.52. The maximum absolute atomic E-state index is 11.6. The minimum Gasteiger partial charge on any atom is -0.508 e. The van der Waals surface area contributed by atoms with Crippen LogP contribution in [0.5, 0.6) is 5.75 Å². The quantitative estimate of drug-likeness (QED) is 0.772. The van der Waals surface area contributed by atoms with Gasteiger partial charge in [0.1, 0.15) is 11.3 Å². The molecule has 0 saturated heterocycles. The first-order valence-electron chi connectivity index (χ1n) is 4.52. The Morgan fingerprint density at radius 1 is 1.33 bits per heavy atom. The molecule has 2 aromatic rings. The number of carbonyl (C=O) groups is 1. The topological polar surface area (TPSA) is 53.7 Å². The van der Waals surface area contributed by atoms with Gasteiger partial charge in [-0.3, -0.25) is 4.79 Å². The fourth-order valence-electron chi connectivity index (χ4n) is 1.35. The van der Waals surface area contributed by atoms with Gasteiger partial charge in [-0.15, -0.1) is 0 Å². The second kappa shape index (κ2) is 3.31. The van der Waals surface area contributed by atoms with E-state index in [0.717, 1.165) is 5.39 Å². The molecule has 1 heterocycles. The molecule has 1 amide bonds. The van der Waals surface area contributed by atoms with Gasteiger partial charge in [-0.25, -0.2) is 0 Å². The van der Waals surface area contributed by atoms with Crippen LogP contribution in [0.4, 0.5) is 0 Å². The molecule has 0 spiro atoms. The molecule has 0 unspecified atom stereocenters. The maximum atomic E-state index is 11.6. The summed E-state index contributed by atoms with van der Waals surface area (Å²) >= 11 is 0. The molecule has 0 atom stereocenters. The van der Waals surface area contributed by atoms with Crippen molar-refractivity contribution in [3.63, 3.8) is 0 Å². The summed E-state index contributed by atoms with van der Waals surface area (Å²) in [5.41, 5.74) is 0.514. The highest BCUT2D eigenvalue weighted by molar-refractivity contribution is 5.96. The number of aromatic hydroxyl groups is 1. The molecule has 1 aromatic carbocycles. The molecule has 0 aliphatic heterocycles. The van der Waals surface area contributed by atoms with Gasteiger partial charge in [0.2, 0.25) is 0 Å². The van der Waals surface area contributed by atoms with Crippen LogP contribution in [0.3, 0.4) is 0 Å². The fraction of sp³-hybridized carbons (Fsp3) is 0.182. The molecule has 0 saturated carbocycles. The normalized spacial score (nSPS) is 10.5. The largest absolute Gasteiger partial charge is 0.508 e. The van der Waals surface area contributed by atoms with Crippen LogP contribution in [0.25, 0.3) is 11.0 Å². The Morgan fingerprint density at radius 3 is 2.73 bits per heavy atom. The lowest BCUT2D eigenvalue weighted by Gasteiger charge is -2.06. The van der Waals surface area contributed by atoms with Gasteiger partial charge in [0, 0.05) is 25.5 Å². The molecule has 0 aliphatic rings. The van der Waals surface area contributed by atoms with Gasteiger partial charge in [-0.2, -0.15) is 0 Å². The lowest BCUT2D eigenvalue weighted by atomic mass is 10.2. The number of benzene rings is 1. The summed E-state index contributed by atoms with van der Waals surface area (Å²) in [6.07, 6.45) is 0. The third-order valence-electron chi connectivity index (χ3n) is 2.12. The monoisotopic (exact) mass is 205 g/mol. The molecule has 0 radical (unpaired) electrons. The van der Waals surface area contributed by atoms with Crippen molar-refractivity contribution < 1.29 is 14.3 Å². The van der Waals surface area contributed by atoms with Crippen LogP contribution in [0.2, 0.25) is 0 Å². The van der Waals surface area contributed by atoms with E-state index >= 15 is 0 Å². The number of rotatable bonds is 1. The number of fused-ring (bicyclic) bond motifs is 1. The van der Waals surface area contributed by atoms with Gasteiger partial charge in [0.25, 0.3) is 5.91 Å². The standard InChI is InChI=1S/C11H11NO3/c1-12(2)11(14)10-5-7-3-4-8(13)6-9(7)15-10/h3-6,13H,1-2H3. The van der Waals surface area contributed by atoms with Crippen LogP contribution in [0.1, 0.15) is 10.6 Å². The van der Waals surface area contributed by atoms with Gasteiger partial charge in [-0.05, 0) is 18.2 Å². The number of hydrogen-bond acceptors (Lipinski definition) is 3. The van der Waals surface area contributed by atoms with Crippen molar-refractivity contribution in [2.45, 2.75) is 0 Å². The molecule has 15 heavy (non-hydrogen) atoms. The van der Waals surface area contributed by atoms with Crippen molar-refractivity contribution in [3.05, 3.63) is 30.0 Å². The first-order valence-corrected chi connectivity index (χ1v) is 4.52. The van der Waals surface area contributed by atoms with Gasteiger partial charge in [-0.1, -0.05) is 0 Å². The van der Waals surface area contributed by atoms with E-state index in [4.69, 9.17) is 4.42 Å². The smallest absolute Gasteiger partial charge is 0.289 e. The van der Waals surface area contributed by atoms with E-state index in [-0.39, 0.29) is 17.4 Å². The summed E-state index contributed by atoms with van der Waals surface area (Å²) in [7, 11) is 3.32. The van der Waals surface area contributed by atoms with Gasteiger partial charge in [0.15, 0.2) is 5.76 Å². The first-order chi connectivity index (χ1) is 7.08. The van der Waals surface area contributed by atoms with E-state index in [0.29, 0.717) is 5.58 Å². The highest BCUT2D eigenvalue weighted by atomic mass is 16.3. The summed E-state index contributed by atoms with van der Waals surface area (Å²) in [4.78, 5) is 13.0. The molecule has 4 nitrogen and oxygen atoms in total. The zero-order valence-electron chi connectivity index (χ0n) is 8.52. The van der Waals surface area contributed by atoms with Crippen molar-refractivity contribution in [1.29, 1.82) is 0 Å². The van der Waals surface area contributed by atoms with Crippen LogP contribution < -0.4 is 0 Å². The SMILES string of the molecule is CN(C)C(=O)c1cc2ccc(O)cc2o1. The Kier molecular flexibility index (Phi) is 2.11. The van der Waals surface area contributed by atoms with E-state index < -0.39 is 0 Å². The number of amides is 1. The third-order valence-corrected chi connectivity index (χ3v) is 2.12. The number of phenols is 1. The highest BCUT2D eigenvalue weighted by Crippen LogP contribution is 2.23. The van der Waals surface area contributed by atoms with Gasteiger partial charge < -0.3 is 14.4 Å². The Hall–Kier alpha value is -1.97. The average molecular weight is 205 g/mol. The second-order valence-corrected chi connectivity index (χ2v) is 3.53. The fourth-order valence-corrected chi connectivity index (χ4v) is 1.35. The summed E-state index contributed by atoms with van der Waals surface area (Å²) in [6.45, 7) is 0. The Bertz CT molecular complexity index is 514. The number of furan rings is 1. The van der Waals surface area contributed by atoms with Crippen molar-refractivity contribution >= 4 is 16.9 Å². The number of phenolic OH excluding ortho intramolecular Hbond substituents is 1. The van der Waals surface area contributed by atoms with E-state index in [1.807, 2.05) is 0 Å². The third kappa shape index (κ3) is 1.66. The Morgan fingerprint density at radius 2 is 2.07 bits per heavy atom. The molecule has 0 aliphatic carbocycles. The van der Waals surface area contributed by atoms with Crippen molar-refractivity contribution in [1.82, 2.24) is 4.90 Å². The average Bonchev–Trinajstić information content (AvgIpc) is 2.58. The molecule has 0 fully saturated rings. The van der Waals surface area contributed by atoms with E-state index in [1.54, 1.807) is 32.3 Å². The molecular formula is C11H11NO3. The molecule has 0 bridgehead atoms. The van der Waals surface area contributed by atoms with Gasteiger partial charge in [0.05, 0.1) is 0 Å². The zero-order valence-corrected chi connectivity index (χ0v) is 8.52. The minimum atomic E-state index is -0.189. The van der Waals surface area contributed by atoms with Crippen molar-refractivity contribution in [2.75, 3.05) is 14.1 Å². The highest BCUT2D eigenvalue weighted by Gasteiger charge is 2.13. The number of carbonyl (C=O) groups excluding carboxylic acids is 1. The van der Waals surface area contributed by atoms with E-state index in [1.165, 1.54) is 11.0 Å². The Labute approximate surface area is 86.7 Å². The predicted molar refractivity (Wildman–Crippen MR) is 55.9 cm³/mol. The molecular weight excluding hydrogens is 194 g/mol. The van der Waals surface area contributed by atoms with E-state index in [9.17, 15) is 9.90 Å². The van der Waals surface area contributed by atoms with Crippen LogP contribution in [-0.4, -0.2) is 30.0 Å². The van der Waals surface area contributed by atoms with Crippen molar-refractivity contribution in [2.24, 2.45) is 0 Å².